The molecule has 0 atom stereocenters. The molecule has 7 heteroatoms. The molecular weight excluding hydrogens is 396 g/mol. The first-order valence-electron chi connectivity index (χ1n) is 9.99. The summed E-state index contributed by atoms with van der Waals surface area (Å²) in [5.41, 5.74) is 2.06. The van der Waals surface area contributed by atoms with Crippen molar-refractivity contribution in [2.24, 2.45) is 0 Å². The second-order valence-electron chi connectivity index (χ2n) is 7.25. The molecule has 0 radical (unpaired) electrons. The number of fused-ring (bicyclic) bond motifs is 1. The number of nitro groups is 1. The third-order valence-corrected chi connectivity index (χ3v) is 5.16. The molecule has 156 valence electrons. The maximum atomic E-state index is 11.8. The molecule has 31 heavy (non-hydrogen) atoms. The third kappa shape index (κ3) is 4.02. The van der Waals surface area contributed by atoms with Gasteiger partial charge in [0, 0.05) is 17.0 Å². The highest BCUT2D eigenvalue weighted by molar-refractivity contribution is 6.05. The maximum Gasteiger partial charge on any atom is 0.336 e. The van der Waals surface area contributed by atoms with Gasteiger partial charge in [-0.1, -0.05) is 49.7 Å². The van der Waals surface area contributed by atoms with E-state index in [-0.39, 0.29) is 27.8 Å². The zero-order valence-corrected chi connectivity index (χ0v) is 16.9. The quantitative estimate of drug-likeness (QED) is 0.288. The minimum absolute atomic E-state index is 0.0145. The Bertz CT molecular complexity index is 1280. The molecule has 0 aliphatic rings. The highest BCUT2D eigenvalue weighted by Crippen LogP contribution is 2.33. The van der Waals surface area contributed by atoms with Gasteiger partial charge in [0.05, 0.1) is 10.5 Å². The maximum absolute atomic E-state index is 11.8. The lowest BCUT2D eigenvalue weighted by atomic mass is 10.1. The number of para-hydroxylation sites is 1. The molecule has 0 fully saturated rings. The molecule has 0 aliphatic heterocycles. The topological polar surface area (TPSA) is 106 Å². The van der Waals surface area contributed by atoms with Crippen LogP contribution in [0.2, 0.25) is 0 Å². The Hall–Kier alpha value is -4.00. The second-order valence-corrected chi connectivity index (χ2v) is 7.25. The van der Waals surface area contributed by atoms with E-state index in [2.05, 4.69) is 24.0 Å². The number of carbonyl (C=O) groups is 1. The molecule has 2 heterocycles. The van der Waals surface area contributed by atoms with Crippen LogP contribution in [0.4, 0.5) is 5.69 Å². The van der Waals surface area contributed by atoms with Crippen LogP contribution in [0.1, 0.15) is 35.7 Å². The fourth-order valence-corrected chi connectivity index (χ4v) is 3.53. The molecule has 0 saturated heterocycles. The molecule has 1 N–H and O–H groups in total. The van der Waals surface area contributed by atoms with Gasteiger partial charge in [-0.3, -0.25) is 10.1 Å². The fourth-order valence-electron chi connectivity index (χ4n) is 3.53. The van der Waals surface area contributed by atoms with E-state index in [1.165, 1.54) is 29.8 Å². The van der Waals surface area contributed by atoms with E-state index in [0.29, 0.717) is 11.5 Å². The molecule has 0 amide bonds. The lowest BCUT2D eigenvalue weighted by Gasteiger charge is -2.06. The number of aryl methyl sites for hydroxylation is 1. The lowest BCUT2D eigenvalue weighted by Crippen LogP contribution is -2.02. The molecule has 0 bridgehead atoms. The van der Waals surface area contributed by atoms with Crippen molar-refractivity contribution in [3.8, 4) is 22.8 Å². The number of aromatic carboxylic acids is 1. The van der Waals surface area contributed by atoms with Gasteiger partial charge in [-0.15, -0.1) is 0 Å². The van der Waals surface area contributed by atoms with E-state index < -0.39 is 10.9 Å². The van der Waals surface area contributed by atoms with Gasteiger partial charge in [0.1, 0.15) is 17.0 Å². The average Bonchev–Trinajstić information content (AvgIpc) is 3.27. The standard InChI is InChI=1S/C24H20N2O5/c1-2-3-5-15-8-10-16(11-9-15)21-12-13-22(31-21)19-14-18(24(27)28)17-6-4-7-20(26(29)30)23(17)25-19/h4,6-14H,2-3,5H2,1H3,(H,27,28). The van der Waals surface area contributed by atoms with Crippen LogP contribution < -0.4 is 0 Å². The number of rotatable bonds is 7. The van der Waals surface area contributed by atoms with Crippen molar-refractivity contribution < 1.29 is 19.2 Å². The molecule has 2 aromatic heterocycles. The summed E-state index contributed by atoms with van der Waals surface area (Å²) in [4.78, 5) is 27.0. The van der Waals surface area contributed by atoms with Gasteiger partial charge in [-0.2, -0.15) is 0 Å². The summed E-state index contributed by atoms with van der Waals surface area (Å²) in [7, 11) is 0. The van der Waals surface area contributed by atoms with Gasteiger partial charge >= 0.3 is 5.97 Å². The number of hydrogen-bond donors (Lipinski definition) is 1. The number of benzene rings is 2. The molecule has 0 unspecified atom stereocenters. The van der Waals surface area contributed by atoms with Gasteiger partial charge in [0.25, 0.3) is 5.69 Å². The minimum Gasteiger partial charge on any atom is -0.478 e. The Kier molecular flexibility index (Phi) is 5.49. The van der Waals surface area contributed by atoms with Crippen LogP contribution in [0.5, 0.6) is 0 Å². The first kappa shape index (κ1) is 20.3. The first-order valence-corrected chi connectivity index (χ1v) is 9.99. The van der Waals surface area contributed by atoms with Gasteiger partial charge in [-0.25, -0.2) is 9.78 Å². The van der Waals surface area contributed by atoms with Crippen molar-refractivity contribution in [1.82, 2.24) is 4.98 Å². The average molecular weight is 416 g/mol. The largest absolute Gasteiger partial charge is 0.478 e. The number of carboxylic acids is 1. The smallest absolute Gasteiger partial charge is 0.336 e. The van der Waals surface area contributed by atoms with Crippen LogP contribution in [-0.4, -0.2) is 21.0 Å². The Morgan fingerprint density at radius 3 is 2.52 bits per heavy atom. The van der Waals surface area contributed by atoms with Crippen molar-refractivity contribution in [1.29, 1.82) is 0 Å². The number of aromatic nitrogens is 1. The summed E-state index contributed by atoms with van der Waals surface area (Å²) < 4.78 is 5.94. The Morgan fingerprint density at radius 2 is 1.84 bits per heavy atom. The summed E-state index contributed by atoms with van der Waals surface area (Å²) in [6.07, 6.45) is 3.30. The number of pyridine rings is 1. The molecule has 4 rings (SSSR count). The normalized spacial score (nSPS) is 11.0. The number of unbranched alkanes of at least 4 members (excludes halogenated alkanes) is 1. The van der Waals surface area contributed by atoms with Crippen molar-refractivity contribution in [3.63, 3.8) is 0 Å². The summed E-state index contributed by atoms with van der Waals surface area (Å²) in [5.74, 6) is -0.241. The van der Waals surface area contributed by atoms with Crippen LogP contribution in [0.25, 0.3) is 33.7 Å². The van der Waals surface area contributed by atoms with E-state index in [1.54, 1.807) is 12.1 Å². The predicted molar refractivity (Wildman–Crippen MR) is 117 cm³/mol. The summed E-state index contributed by atoms with van der Waals surface area (Å²) >= 11 is 0. The summed E-state index contributed by atoms with van der Waals surface area (Å²) in [6, 6.07) is 17.2. The second kappa shape index (κ2) is 8.39. The molecular formula is C24H20N2O5. The first-order chi connectivity index (χ1) is 15.0. The molecule has 4 aromatic rings. The van der Waals surface area contributed by atoms with Crippen LogP contribution in [0.15, 0.2) is 65.1 Å². The minimum atomic E-state index is -1.19. The van der Waals surface area contributed by atoms with Crippen molar-refractivity contribution in [2.75, 3.05) is 0 Å². The van der Waals surface area contributed by atoms with Gasteiger partial charge in [0.15, 0.2) is 5.76 Å². The van der Waals surface area contributed by atoms with E-state index in [9.17, 15) is 20.0 Å². The van der Waals surface area contributed by atoms with E-state index in [0.717, 1.165) is 24.8 Å². The number of nitro benzene ring substituents is 1. The Labute approximate surface area is 178 Å². The molecule has 2 aromatic carbocycles. The van der Waals surface area contributed by atoms with Crippen LogP contribution in [0.3, 0.4) is 0 Å². The van der Waals surface area contributed by atoms with E-state index in [4.69, 9.17) is 4.42 Å². The van der Waals surface area contributed by atoms with Gasteiger partial charge < -0.3 is 9.52 Å². The molecule has 7 nitrogen and oxygen atoms in total. The van der Waals surface area contributed by atoms with Crippen LogP contribution in [-0.2, 0) is 6.42 Å². The monoisotopic (exact) mass is 416 g/mol. The highest BCUT2D eigenvalue weighted by Gasteiger charge is 2.21. The zero-order chi connectivity index (χ0) is 22.0. The SMILES string of the molecule is CCCCc1ccc(-c2ccc(-c3cc(C(=O)O)c4cccc([N+](=O)[O-])c4n3)o2)cc1. The van der Waals surface area contributed by atoms with Crippen LogP contribution >= 0.6 is 0 Å². The van der Waals surface area contributed by atoms with Crippen molar-refractivity contribution in [3.05, 3.63) is 81.9 Å². The Morgan fingerprint density at radius 1 is 1.10 bits per heavy atom. The number of nitrogens with zero attached hydrogens (tertiary/aromatic N) is 2. The van der Waals surface area contributed by atoms with Gasteiger partial charge in [0.2, 0.25) is 0 Å². The fraction of sp³-hybridized carbons (Fsp3) is 0.167. The predicted octanol–water partition coefficient (Wildman–Crippen LogP) is 6.11. The lowest BCUT2D eigenvalue weighted by molar-refractivity contribution is -0.383. The number of non-ortho nitro benzene ring substituents is 1. The van der Waals surface area contributed by atoms with E-state index in [1.807, 2.05) is 12.1 Å². The number of furan rings is 1. The summed E-state index contributed by atoms with van der Waals surface area (Å²) in [6.45, 7) is 2.16. The molecule has 0 spiro atoms. The number of hydrogen-bond acceptors (Lipinski definition) is 5. The third-order valence-electron chi connectivity index (χ3n) is 5.16. The summed E-state index contributed by atoms with van der Waals surface area (Å²) in [5, 5.41) is 21.3. The zero-order valence-electron chi connectivity index (χ0n) is 16.9. The highest BCUT2D eigenvalue weighted by atomic mass is 16.6. The van der Waals surface area contributed by atoms with E-state index >= 15 is 0 Å². The molecule has 0 aliphatic carbocycles. The van der Waals surface area contributed by atoms with Gasteiger partial charge in [-0.05, 0) is 36.6 Å². The van der Waals surface area contributed by atoms with Crippen molar-refractivity contribution in [2.45, 2.75) is 26.2 Å². The van der Waals surface area contributed by atoms with Crippen LogP contribution in [0, 0.1) is 10.1 Å². The van der Waals surface area contributed by atoms with Crippen molar-refractivity contribution >= 4 is 22.6 Å². The number of carboxylic acid groups (broad SMARTS) is 1. The Balaban J connectivity index is 1.76. The molecule has 0 saturated carbocycles.